The summed E-state index contributed by atoms with van der Waals surface area (Å²) < 4.78 is 1.69. The van der Waals surface area contributed by atoms with Crippen molar-refractivity contribution in [1.29, 1.82) is 0 Å². The second-order valence-electron chi connectivity index (χ2n) is 2.63. The molecule has 1 rings (SSSR count). The topological polar surface area (TPSA) is 50.1 Å². The highest BCUT2D eigenvalue weighted by Crippen LogP contribution is 1.99. The molecule has 0 aromatic carbocycles. The normalized spacial score (nSPS) is 11.7. The van der Waals surface area contributed by atoms with Gasteiger partial charge in [0.25, 0.3) is 5.56 Å². The van der Waals surface area contributed by atoms with Gasteiger partial charge >= 0.3 is 0 Å². The van der Waals surface area contributed by atoms with Crippen molar-refractivity contribution in [2.75, 3.05) is 7.05 Å². The molecule has 1 aromatic rings. The average molecular weight is 179 g/mol. The Labute approximate surface area is 76.3 Å². The Kier molecular flexibility index (Phi) is 2.84. The summed E-state index contributed by atoms with van der Waals surface area (Å²) in [7, 11) is 1.59. The molecule has 1 N–H and O–H groups in total. The molecule has 4 nitrogen and oxygen atoms in total. The van der Waals surface area contributed by atoms with Crippen molar-refractivity contribution < 1.29 is 0 Å². The van der Waals surface area contributed by atoms with Gasteiger partial charge in [-0.05, 0) is 6.42 Å². The van der Waals surface area contributed by atoms with Crippen molar-refractivity contribution >= 4 is 5.70 Å². The van der Waals surface area contributed by atoms with Crippen LogP contribution in [-0.4, -0.2) is 16.6 Å². The Morgan fingerprint density at radius 1 is 1.77 bits per heavy atom. The minimum Gasteiger partial charge on any atom is -0.324 e. The van der Waals surface area contributed by atoms with Crippen molar-refractivity contribution in [3.8, 4) is 0 Å². The zero-order valence-corrected chi connectivity index (χ0v) is 7.87. The number of rotatable bonds is 2. The first-order valence-electron chi connectivity index (χ1n) is 4.12. The summed E-state index contributed by atoms with van der Waals surface area (Å²) in [5, 5.41) is 0. The second-order valence-corrected chi connectivity index (χ2v) is 2.63. The molecule has 1 heterocycles. The highest BCUT2D eigenvalue weighted by Gasteiger charge is 1.98. The molecule has 0 spiro atoms. The van der Waals surface area contributed by atoms with Crippen LogP contribution in [0, 0.1) is 0 Å². The molecule has 0 unspecified atom stereocenters. The number of aromatic amines is 1. The van der Waals surface area contributed by atoms with E-state index in [-0.39, 0.29) is 5.56 Å². The molecule has 0 aliphatic rings. The van der Waals surface area contributed by atoms with Crippen LogP contribution in [0.3, 0.4) is 0 Å². The number of H-pyrrole nitrogens is 1. The maximum Gasteiger partial charge on any atom is 0.291 e. The molecule has 0 atom stereocenters. The van der Waals surface area contributed by atoms with Gasteiger partial charge in [0.15, 0.2) is 5.49 Å². The summed E-state index contributed by atoms with van der Waals surface area (Å²) in [5.74, 6) is 0. The number of aromatic nitrogens is 2. The first-order chi connectivity index (χ1) is 6.20. The van der Waals surface area contributed by atoms with Crippen LogP contribution in [0.5, 0.6) is 0 Å². The van der Waals surface area contributed by atoms with Gasteiger partial charge in [0.2, 0.25) is 0 Å². The van der Waals surface area contributed by atoms with E-state index in [0.29, 0.717) is 5.49 Å². The van der Waals surface area contributed by atoms with Gasteiger partial charge in [0.1, 0.15) is 0 Å². The monoisotopic (exact) mass is 179 g/mol. The van der Waals surface area contributed by atoms with E-state index >= 15 is 0 Å². The van der Waals surface area contributed by atoms with Crippen LogP contribution in [0.2, 0.25) is 0 Å². The molecule has 0 amide bonds. The lowest BCUT2D eigenvalue weighted by Gasteiger charge is -2.06. The van der Waals surface area contributed by atoms with Crippen molar-refractivity contribution in [2.45, 2.75) is 13.3 Å². The van der Waals surface area contributed by atoms with Crippen molar-refractivity contribution in [3.63, 3.8) is 0 Å². The minimum atomic E-state index is -0.195. The van der Waals surface area contributed by atoms with E-state index < -0.39 is 0 Å². The second kappa shape index (κ2) is 3.89. The van der Waals surface area contributed by atoms with Gasteiger partial charge in [0.05, 0.1) is 0 Å². The molecule has 13 heavy (non-hydrogen) atoms. The van der Waals surface area contributed by atoms with Gasteiger partial charge in [0, 0.05) is 25.1 Å². The molecule has 0 aliphatic heterocycles. The van der Waals surface area contributed by atoms with Crippen LogP contribution in [0.25, 0.3) is 5.70 Å². The zero-order chi connectivity index (χ0) is 9.84. The summed E-state index contributed by atoms with van der Waals surface area (Å²) in [5.41, 5.74) is 1.04. The Balaban J connectivity index is 3.47. The molecule has 70 valence electrons. The predicted molar refractivity (Wildman–Crippen MR) is 52.2 cm³/mol. The smallest absolute Gasteiger partial charge is 0.291 e. The van der Waals surface area contributed by atoms with Crippen LogP contribution in [0.15, 0.2) is 28.8 Å². The number of allylic oxidation sites excluding steroid dienone is 1. The van der Waals surface area contributed by atoms with Gasteiger partial charge in [-0.15, -0.1) is 0 Å². The number of nitrogens with one attached hydrogen (secondary N) is 1. The van der Waals surface area contributed by atoms with E-state index in [4.69, 9.17) is 0 Å². The lowest BCUT2D eigenvalue weighted by atomic mass is 10.3. The average Bonchev–Trinajstić information content (AvgIpc) is 2.16. The minimum absolute atomic E-state index is 0.195. The number of nitrogens with zero attached hydrogens (tertiary/aromatic N) is 2. The van der Waals surface area contributed by atoms with Crippen LogP contribution < -0.4 is 11.0 Å². The van der Waals surface area contributed by atoms with Gasteiger partial charge in [-0.3, -0.25) is 9.79 Å². The Hall–Kier alpha value is -1.58. The maximum atomic E-state index is 11.3. The standard InChI is InChI=1S/C9H13N3O/c1-4-7(2)12-6-5-11-9(13)8(12)10-3/h5-6H,2,4H2,1,3H3,(H,11,13). The van der Waals surface area contributed by atoms with E-state index in [1.807, 2.05) is 6.92 Å². The van der Waals surface area contributed by atoms with Crippen LogP contribution in [0.1, 0.15) is 13.3 Å². The molecule has 0 bridgehead atoms. The SMILES string of the molecule is C=C(CC)n1cc[nH]c(=O)c1=NC. The fourth-order valence-electron chi connectivity index (χ4n) is 1.07. The molecule has 4 heteroatoms. The van der Waals surface area contributed by atoms with Crippen LogP contribution >= 0.6 is 0 Å². The zero-order valence-electron chi connectivity index (χ0n) is 7.87. The summed E-state index contributed by atoms with van der Waals surface area (Å²) in [6.07, 6.45) is 4.12. The number of hydrogen-bond donors (Lipinski definition) is 1. The summed E-state index contributed by atoms with van der Waals surface area (Å²) in [6, 6.07) is 0. The highest BCUT2D eigenvalue weighted by molar-refractivity contribution is 5.39. The van der Waals surface area contributed by atoms with E-state index in [1.165, 1.54) is 0 Å². The molecule has 1 aromatic heterocycles. The predicted octanol–water partition coefficient (Wildman–Crippen LogP) is 0.588. The fraction of sp³-hybridized carbons (Fsp3) is 0.333. The third-order valence-electron chi connectivity index (χ3n) is 1.83. The third-order valence-corrected chi connectivity index (χ3v) is 1.83. The number of hydrogen-bond acceptors (Lipinski definition) is 2. The highest BCUT2D eigenvalue weighted by atomic mass is 16.1. The van der Waals surface area contributed by atoms with E-state index in [2.05, 4.69) is 16.6 Å². The molecule has 0 fully saturated rings. The van der Waals surface area contributed by atoms with Crippen molar-refractivity contribution in [1.82, 2.24) is 9.55 Å². The first-order valence-corrected chi connectivity index (χ1v) is 4.12. The molecule has 0 radical (unpaired) electrons. The molecular weight excluding hydrogens is 166 g/mol. The van der Waals surface area contributed by atoms with E-state index in [1.54, 1.807) is 24.0 Å². The lowest BCUT2D eigenvalue weighted by Crippen LogP contribution is -2.36. The van der Waals surface area contributed by atoms with E-state index in [9.17, 15) is 4.79 Å². The van der Waals surface area contributed by atoms with Crippen LogP contribution in [-0.2, 0) is 0 Å². The van der Waals surface area contributed by atoms with Gasteiger partial charge in [-0.1, -0.05) is 13.5 Å². The Morgan fingerprint density at radius 2 is 2.46 bits per heavy atom. The van der Waals surface area contributed by atoms with Crippen molar-refractivity contribution in [2.24, 2.45) is 4.99 Å². The van der Waals surface area contributed by atoms with Crippen LogP contribution in [0.4, 0.5) is 0 Å². The maximum absolute atomic E-state index is 11.3. The fourth-order valence-corrected chi connectivity index (χ4v) is 1.07. The first kappa shape index (κ1) is 9.51. The summed E-state index contributed by atoms with van der Waals surface area (Å²) >= 11 is 0. The molecule has 0 aliphatic carbocycles. The summed E-state index contributed by atoms with van der Waals surface area (Å²) in [6.45, 7) is 5.83. The van der Waals surface area contributed by atoms with Gasteiger partial charge < -0.3 is 9.55 Å². The summed E-state index contributed by atoms with van der Waals surface area (Å²) in [4.78, 5) is 17.7. The van der Waals surface area contributed by atoms with Gasteiger partial charge in [-0.25, -0.2) is 0 Å². The van der Waals surface area contributed by atoms with Gasteiger partial charge in [-0.2, -0.15) is 0 Å². The molecular formula is C9H13N3O. The molecule has 0 saturated heterocycles. The van der Waals surface area contributed by atoms with Crippen molar-refractivity contribution in [3.05, 3.63) is 34.8 Å². The molecule has 0 saturated carbocycles. The third kappa shape index (κ3) is 1.77. The quantitative estimate of drug-likeness (QED) is 0.709. The Bertz CT molecular complexity index is 425. The van der Waals surface area contributed by atoms with E-state index in [0.717, 1.165) is 12.1 Å². The Morgan fingerprint density at radius 3 is 3.00 bits per heavy atom. The lowest BCUT2D eigenvalue weighted by molar-refractivity contribution is 0.872. The largest absolute Gasteiger partial charge is 0.324 e.